The van der Waals surface area contributed by atoms with E-state index < -0.39 is 0 Å². The standard InChI is InChI=1S/C16H20N4O/c1-15(2)13(16(15,3)4)14(21)19-12-6-5-10(9-17-12)11-7-8-18-20-11/h5-9,13H,1-4H3,(H,18,20)(H,17,19,21). The molecule has 1 amide bonds. The number of nitrogens with one attached hydrogen (secondary N) is 2. The fourth-order valence-corrected chi connectivity index (χ4v) is 3.09. The highest BCUT2D eigenvalue weighted by Crippen LogP contribution is 2.68. The predicted octanol–water partition coefficient (Wildman–Crippen LogP) is 3.09. The third kappa shape index (κ3) is 2.13. The van der Waals surface area contributed by atoms with Gasteiger partial charge in [0, 0.05) is 23.9 Å². The number of hydrogen-bond donors (Lipinski definition) is 2. The molecule has 0 bridgehead atoms. The van der Waals surface area contributed by atoms with Gasteiger partial charge in [0.05, 0.1) is 5.69 Å². The first-order valence-corrected chi connectivity index (χ1v) is 7.11. The molecule has 3 rings (SSSR count). The van der Waals surface area contributed by atoms with E-state index in [4.69, 9.17) is 0 Å². The molecule has 0 atom stereocenters. The van der Waals surface area contributed by atoms with Crippen molar-refractivity contribution in [1.29, 1.82) is 0 Å². The lowest BCUT2D eigenvalue weighted by Gasteiger charge is -2.06. The van der Waals surface area contributed by atoms with Gasteiger partial charge in [-0.2, -0.15) is 5.10 Å². The van der Waals surface area contributed by atoms with Gasteiger partial charge in [-0.1, -0.05) is 27.7 Å². The molecule has 0 aromatic carbocycles. The first-order chi connectivity index (χ1) is 9.84. The van der Waals surface area contributed by atoms with E-state index >= 15 is 0 Å². The van der Waals surface area contributed by atoms with Crippen molar-refractivity contribution in [3.63, 3.8) is 0 Å². The predicted molar refractivity (Wildman–Crippen MR) is 81.5 cm³/mol. The highest BCUT2D eigenvalue weighted by Gasteiger charge is 2.68. The van der Waals surface area contributed by atoms with Gasteiger partial charge in [-0.05, 0) is 29.0 Å². The molecule has 0 spiro atoms. The minimum Gasteiger partial charge on any atom is -0.310 e. The van der Waals surface area contributed by atoms with Gasteiger partial charge >= 0.3 is 0 Å². The monoisotopic (exact) mass is 284 g/mol. The number of amides is 1. The summed E-state index contributed by atoms with van der Waals surface area (Å²) in [5.74, 6) is 0.660. The van der Waals surface area contributed by atoms with E-state index in [9.17, 15) is 4.79 Å². The van der Waals surface area contributed by atoms with Crippen molar-refractivity contribution < 1.29 is 4.79 Å². The zero-order valence-electron chi connectivity index (χ0n) is 12.8. The normalized spacial score (nSPS) is 19.2. The number of carbonyl (C=O) groups excluding carboxylic acids is 1. The van der Waals surface area contributed by atoms with Crippen LogP contribution in [0.3, 0.4) is 0 Å². The first kappa shape index (κ1) is 13.8. The maximum absolute atomic E-state index is 12.4. The van der Waals surface area contributed by atoms with Crippen LogP contribution in [0.25, 0.3) is 11.3 Å². The summed E-state index contributed by atoms with van der Waals surface area (Å²) in [5, 5.41) is 9.71. The van der Waals surface area contributed by atoms with Crippen molar-refractivity contribution in [2.24, 2.45) is 16.7 Å². The molecule has 1 aliphatic rings. The Labute approximate surface area is 124 Å². The highest BCUT2D eigenvalue weighted by atomic mass is 16.2. The van der Waals surface area contributed by atoms with E-state index in [0.717, 1.165) is 11.3 Å². The fraction of sp³-hybridized carbons (Fsp3) is 0.438. The maximum atomic E-state index is 12.4. The van der Waals surface area contributed by atoms with Crippen LogP contribution < -0.4 is 5.32 Å². The summed E-state index contributed by atoms with van der Waals surface area (Å²) in [6.45, 7) is 8.52. The Morgan fingerprint density at radius 2 is 1.90 bits per heavy atom. The fourth-order valence-electron chi connectivity index (χ4n) is 3.09. The molecule has 0 unspecified atom stereocenters. The molecule has 2 N–H and O–H groups in total. The van der Waals surface area contributed by atoms with Crippen LogP contribution in [-0.2, 0) is 4.79 Å². The Hall–Kier alpha value is -2.17. The van der Waals surface area contributed by atoms with Crippen LogP contribution in [0.2, 0.25) is 0 Å². The SMILES string of the molecule is CC1(C)C(C(=O)Nc2ccc(-c3ccn[nH]3)cn2)C1(C)C. The molecule has 0 radical (unpaired) electrons. The Bertz CT molecular complexity index is 642. The van der Waals surface area contributed by atoms with Crippen LogP contribution in [0, 0.1) is 16.7 Å². The third-order valence-corrected chi connectivity index (χ3v) is 5.11. The Morgan fingerprint density at radius 3 is 2.38 bits per heavy atom. The van der Waals surface area contributed by atoms with Gasteiger partial charge in [0.1, 0.15) is 5.82 Å². The van der Waals surface area contributed by atoms with Crippen LogP contribution in [0.15, 0.2) is 30.6 Å². The van der Waals surface area contributed by atoms with Crippen molar-refractivity contribution in [3.8, 4) is 11.3 Å². The summed E-state index contributed by atoms with van der Waals surface area (Å²) < 4.78 is 0. The summed E-state index contributed by atoms with van der Waals surface area (Å²) in [6, 6.07) is 5.61. The average Bonchev–Trinajstić information content (AvgIpc) is 2.80. The second-order valence-electron chi connectivity index (χ2n) is 6.77. The molecule has 1 saturated carbocycles. The first-order valence-electron chi connectivity index (χ1n) is 7.11. The average molecular weight is 284 g/mol. The largest absolute Gasteiger partial charge is 0.310 e. The number of rotatable bonds is 3. The van der Waals surface area contributed by atoms with Crippen LogP contribution in [0.4, 0.5) is 5.82 Å². The number of hydrogen-bond acceptors (Lipinski definition) is 3. The number of pyridine rings is 1. The van der Waals surface area contributed by atoms with Crippen molar-refractivity contribution in [3.05, 3.63) is 30.6 Å². The van der Waals surface area contributed by atoms with Crippen molar-refractivity contribution >= 4 is 11.7 Å². The van der Waals surface area contributed by atoms with E-state index in [0.29, 0.717) is 5.82 Å². The zero-order chi connectivity index (χ0) is 15.3. The molecule has 0 aliphatic heterocycles. The lowest BCUT2D eigenvalue weighted by Crippen LogP contribution is -2.18. The Kier molecular flexibility index (Phi) is 2.90. The van der Waals surface area contributed by atoms with Gasteiger partial charge in [-0.25, -0.2) is 4.98 Å². The molecule has 0 saturated heterocycles. The Balaban J connectivity index is 1.71. The van der Waals surface area contributed by atoms with E-state index in [1.54, 1.807) is 12.4 Å². The molecule has 21 heavy (non-hydrogen) atoms. The van der Waals surface area contributed by atoms with Crippen molar-refractivity contribution in [2.45, 2.75) is 27.7 Å². The number of carbonyl (C=O) groups is 1. The molecule has 2 heterocycles. The number of H-pyrrole nitrogens is 1. The van der Waals surface area contributed by atoms with Crippen LogP contribution >= 0.6 is 0 Å². The smallest absolute Gasteiger partial charge is 0.229 e. The van der Waals surface area contributed by atoms with Crippen LogP contribution in [-0.4, -0.2) is 21.1 Å². The summed E-state index contributed by atoms with van der Waals surface area (Å²) >= 11 is 0. The van der Waals surface area contributed by atoms with Gasteiger partial charge in [0.15, 0.2) is 0 Å². The van der Waals surface area contributed by atoms with Gasteiger partial charge in [0.2, 0.25) is 5.91 Å². The molecule has 1 aliphatic carbocycles. The quantitative estimate of drug-likeness (QED) is 0.909. The van der Waals surface area contributed by atoms with E-state index in [1.807, 2.05) is 18.2 Å². The summed E-state index contributed by atoms with van der Waals surface area (Å²) in [7, 11) is 0. The van der Waals surface area contributed by atoms with Crippen LogP contribution in [0.1, 0.15) is 27.7 Å². The number of aromatic amines is 1. The molecular weight excluding hydrogens is 264 g/mol. The second kappa shape index (κ2) is 4.41. The van der Waals surface area contributed by atoms with Crippen molar-refractivity contribution in [1.82, 2.24) is 15.2 Å². The highest BCUT2D eigenvalue weighted by molar-refractivity contribution is 5.95. The number of aromatic nitrogens is 3. The second-order valence-corrected chi connectivity index (χ2v) is 6.77. The Morgan fingerprint density at radius 1 is 1.19 bits per heavy atom. The topological polar surface area (TPSA) is 70.7 Å². The van der Waals surface area contributed by atoms with E-state index in [1.165, 1.54) is 0 Å². The van der Waals surface area contributed by atoms with Gasteiger partial charge in [-0.3, -0.25) is 9.89 Å². The summed E-state index contributed by atoms with van der Waals surface area (Å²) in [4.78, 5) is 16.7. The molecule has 2 aromatic rings. The molecular formula is C16H20N4O. The molecule has 5 nitrogen and oxygen atoms in total. The number of anilines is 1. The van der Waals surface area contributed by atoms with E-state index in [2.05, 4.69) is 48.2 Å². The zero-order valence-corrected chi connectivity index (χ0v) is 12.8. The van der Waals surface area contributed by atoms with Gasteiger partial charge < -0.3 is 5.32 Å². The third-order valence-electron chi connectivity index (χ3n) is 5.11. The molecule has 5 heteroatoms. The number of nitrogens with zero attached hydrogens (tertiary/aromatic N) is 2. The minimum absolute atomic E-state index is 0.0269. The lowest BCUT2D eigenvalue weighted by atomic mass is 10.0. The van der Waals surface area contributed by atoms with E-state index in [-0.39, 0.29) is 22.7 Å². The minimum atomic E-state index is 0.0269. The molecule has 2 aromatic heterocycles. The lowest BCUT2D eigenvalue weighted by molar-refractivity contribution is -0.118. The van der Waals surface area contributed by atoms with Crippen LogP contribution in [0.5, 0.6) is 0 Å². The summed E-state index contributed by atoms with van der Waals surface area (Å²) in [5.41, 5.74) is 1.92. The summed E-state index contributed by atoms with van der Waals surface area (Å²) in [6.07, 6.45) is 3.43. The molecule has 110 valence electrons. The van der Waals surface area contributed by atoms with Gasteiger partial charge in [-0.15, -0.1) is 0 Å². The molecule has 1 fully saturated rings. The van der Waals surface area contributed by atoms with Crippen molar-refractivity contribution in [2.75, 3.05) is 5.32 Å². The maximum Gasteiger partial charge on any atom is 0.229 e. The van der Waals surface area contributed by atoms with Gasteiger partial charge in [0.25, 0.3) is 0 Å².